The molecule has 2 aromatic rings. The Morgan fingerprint density at radius 3 is 2.62 bits per heavy atom. The highest BCUT2D eigenvalue weighted by molar-refractivity contribution is 6.34. The van der Waals surface area contributed by atoms with Crippen LogP contribution in [0.1, 0.15) is 25.0 Å². The molecule has 0 bridgehead atoms. The van der Waals surface area contributed by atoms with Crippen molar-refractivity contribution in [1.29, 1.82) is 0 Å². The Labute approximate surface area is 169 Å². The van der Waals surface area contributed by atoms with Crippen molar-refractivity contribution < 1.29 is 32.6 Å². The average molecular weight is 422 g/mol. The smallest absolute Gasteiger partial charge is 0.363 e. The average Bonchev–Trinajstić information content (AvgIpc) is 3.00. The molecule has 9 heteroatoms. The van der Waals surface area contributed by atoms with Gasteiger partial charge in [0.1, 0.15) is 0 Å². The third-order valence-electron chi connectivity index (χ3n) is 3.69. The van der Waals surface area contributed by atoms with Gasteiger partial charge in [0.25, 0.3) is 0 Å². The number of carbonyl (C=O) groups excluding carboxylic acids is 2. The van der Waals surface area contributed by atoms with E-state index >= 15 is 0 Å². The van der Waals surface area contributed by atoms with E-state index in [-0.39, 0.29) is 27.9 Å². The van der Waals surface area contributed by atoms with Crippen LogP contribution in [-0.4, -0.2) is 24.4 Å². The maximum Gasteiger partial charge on any atom is 0.363 e. The van der Waals surface area contributed by atoms with Crippen molar-refractivity contribution in [3.8, 4) is 11.5 Å². The van der Waals surface area contributed by atoms with Crippen molar-refractivity contribution in [3.05, 3.63) is 63.8 Å². The Morgan fingerprint density at radius 1 is 1.21 bits per heavy atom. The number of ether oxygens (including phenoxy) is 3. The molecule has 29 heavy (non-hydrogen) atoms. The molecule has 0 radical (unpaired) electrons. The van der Waals surface area contributed by atoms with E-state index in [2.05, 4.69) is 4.99 Å². The van der Waals surface area contributed by atoms with Crippen LogP contribution in [0.4, 0.5) is 8.78 Å². The van der Waals surface area contributed by atoms with Crippen molar-refractivity contribution in [1.82, 2.24) is 0 Å². The first-order chi connectivity index (χ1) is 13.8. The number of carbonyl (C=O) groups is 2. The first-order valence-electron chi connectivity index (χ1n) is 8.41. The van der Waals surface area contributed by atoms with Gasteiger partial charge < -0.3 is 14.2 Å². The van der Waals surface area contributed by atoms with Gasteiger partial charge in [0.2, 0.25) is 5.90 Å². The van der Waals surface area contributed by atoms with Crippen LogP contribution in [0.5, 0.6) is 11.5 Å². The number of aliphatic imine (C=N–C) groups is 1. The zero-order chi connectivity index (χ0) is 21.1. The molecule has 1 aliphatic heterocycles. The van der Waals surface area contributed by atoms with Crippen molar-refractivity contribution >= 4 is 35.5 Å². The summed E-state index contributed by atoms with van der Waals surface area (Å²) in [5.74, 6) is -3.29. The van der Waals surface area contributed by atoms with Crippen molar-refractivity contribution in [2.45, 2.75) is 13.8 Å². The number of hydrogen-bond acceptors (Lipinski definition) is 6. The first-order valence-corrected chi connectivity index (χ1v) is 8.79. The van der Waals surface area contributed by atoms with Crippen LogP contribution in [0.25, 0.3) is 6.08 Å². The monoisotopic (exact) mass is 421 g/mol. The molecule has 0 aromatic heterocycles. The molecule has 0 atom stereocenters. The van der Waals surface area contributed by atoms with Gasteiger partial charge in [0.15, 0.2) is 28.8 Å². The highest BCUT2D eigenvalue weighted by Gasteiger charge is 2.27. The lowest BCUT2D eigenvalue weighted by Gasteiger charge is -2.10. The largest absolute Gasteiger partial charge is 0.490 e. The summed E-state index contributed by atoms with van der Waals surface area (Å²) in [5.41, 5.74) is 0.378. The summed E-state index contributed by atoms with van der Waals surface area (Å²) in [6, 6.07) is 6.22. The summed E-state index contributed by atoms with van der Waals surface area (Å²) >= 11 is 5.90. The summed E-state index contributed by atoms with van der Waals surface area (Å²) in [6.07, 6.45) is 1.41. The lowest BCUT2D eigenvalue weighted by molar-refractivity contribution is -0.132. The zero-order valence-corrected chi connectivity index (χ0v) is 16.0. The van der Waals surface area contributed by atoms with Crippen LogP contribution in [0, 0.1) is 11.6 Å². The summed E-state index contributed by atoms with van der Waals surface area (Å²) < 4.78 is 42.3. The van der Waals surface area contributed by atoms with Crippen LogP contribution in [-0.2, 0) is 14.3 Å². The van der Waals surface area contributed by atoms with Crippen LogP contribution in [0.15, 0.2) is 41.0 Å². The first kappa shape index (κ1) is 20.5. The zero-order valence-electron chi connectivity index (χ0n) is 15.3. The van der Waals surface area contributed by atoms with Crippen molar-refractivity contribution in [2.75, 3.05) is 6.61 Å². The molecule has 6 nitrogen and oxygen atoms in total. The van der Waals surface area contributed by atoms with Gasteiger partial charge in [-0.05, 0) is 42.8 Å². The van der Waals surface area contributed by atoms with E-state index < -0.39 is 23.6 Å². The maximum absolute atomic E-state index is 13.5. The third-order valence-corrected chi connectivity index (χ3v) is 4.00. The Bertz CT molecular complexity index is 1070. The molecule has 0 amide bonds. The second-order valence-electron chi connectivity index (χ2n) is 5.82. The fraction of sp³-hybridized carbons (Fsp3) is 0.150. The minimum Gasteiger partial charge on any atom is -0.490 e. The normalized spacial score (nSPS) is 14.6. The number of cyclic esters (lactones) is 1. The molecule has 0 spiro atoms. The van der Waals surface area contributed by atoms with E-state index in [1.807, 2.05) is 0 Å². The molecular formula is C20H14ClF2NO5. The predicted octanol–water partition coefficient (Wildman–Crippen LogP) is 4.29. The molecular weight excluding hydrogens is 408 g/mol. The molecule has 0 unspecified atom stereocenters. The Morgan fingerprint density at radius 2 is 1.93 bits per heavy atom. The second-order valence-corrected chi connectivity index (χ2v) is 6.22. The Balaban J connectivity index is 1.96. The fourth-order valence-electron chi connectivity index (χ4n) is 2.49. The SMILES string of the molecule is CCOc1cc(C=C2N=C(c3cc(F)c(F)cc3Cl)OC2=O)ccc1OC(C)=O. The molecule has 0 saturated carbocycles. The number of esters is 2. The summed E-state index contributed by atoms with van der Waals surface area (Å²) in [5, 5.41) is -0.152. The number of halogens is 3. The van der Waals surface area contributed by atoms with E-state index in [0.29, 0.717) is 17.9 Å². The number of hydrogen-bond donors (Lipinski definition) is 0. The fourth-order valence-corrected chi connectivity index (χ4v) is 2.72. The summed E-state index contributed by atoms with van der Waals surface area (Å²) in [4.78, 5) is 27.3. The van der Waals surface area contributed by atoms with Crippen molar-refractivity contribution in [2.24, 2.45) is 4.99 Å². The molecule has 1 aliphatic rings. The van der Waals surface area contributed by atoms with Gasteiger partial charge in [-0.25, -0.2) is 18.6 Å². The van der Waals surface area contributed by atoms with E-state index in [4.69, 9.17) is 25.8 Å². The summed E-state index contributed by atoms with van der Waals surface area (Å²) in [6.45, 7) is 3.35. The maximum atomic E-state index is 13.5. The van der Waals surface area contributed by atoms with E-state index in [0.717, 1.165) is 12.1 Å². The van der Waals surface area contributed by atoms with E-state index in [9.17, 15) is 18.4 Å². The summed E-state index contributed by atoms with van der Waals surface area (Å²) in [7, 11) is 0. The molecule has 2 aromatic carbocycles. The van der Waals surface area contributed by atoms with E-state index in [1.165, 1.54) is 19.1 Å². The van der Waals surface area contributed by atoms with E-state index in [1.54, 1.807) is 19.1 Å². The minimum absolute atomic E-state index is 0.0532. The topological polar surface area (TPSA) is 74.2 Å². The van der Waals surface area contributed by atoms with Gasteiger partial charge in [-0.1, -0.05) is 17.7 Å². The van der Waals surface area contributed by atoms with Crippen molar-refractivity contribution in [3.63, 3.8) is 0 Å². The molecule has 0 saturated heterocycles. The van der Waals surface area contributed by atoms with Gasteiger partial charge in [-0.3, -0.25) is 4.79 Å². The highest BCUT2D eigenvalue weighted by Crippen LogP contribution is 2.31. The van der Waals surface area contributed by atoms with Gasteiger partial charge in [0, 0.05) is 6.92 Å². The quantitative estimate of drug-likeness (QED) is 0.312. The molecule has 0 fully saturated rings. The van der Waals surface area contributed by atoms with Crippen LogP contribution >= 0.6 is 11.6 Å². The van der Waals surface area contributed by atoms with Gasteiger partial charge in [0.05, 0.1) is 17.2 Å². The van der Waals surface area contributed by atoms with Crippen LogP contribution in [0.3, 0.4) is 0 Å². The molecule has 3 rings (SSSR count). The predicted molar refractivity (Wildman–Crippen MR) is 101 cm³/mol. The van der Waals surface area contributed by atoms with Gasteiger partial charge >= 0.3 is 11.9 Å². The van der Waals surface area contributed by atoms with Crippen LogP contribution < -0.4 is 9.47 Å². The Kier molecular flexibility index (Phi) is 5.93. The number of rotatable bonds is 5. The molecule has 0 N–H and O–H groups in total. The lowest BCUT2D eigenvalue weighted by atomic mass is 10.1. The standard InChI is InChI=1S/C20H14ClF2NO5/c1-3-27-18-7-11(4-5-17(18)28-10(2)25)6-16-20(26)29-19(24-16)12-8-14(22)15(23)9-13(12)21/h4-9H,3H2,1-2H3. The highest BCUT2D eigenvalue weighted by atomic mass is 35.5. The molecule has 150 valence electrons. The minimum atomic E-state index is -1.15. The van der Waals surface area contributed by atoms with Crippen LogP contribution in [0.2, 0.25) is 5.02 Å². The number of nitrogens with zero attached hydrogens (tertiary/aromatic N) is 1. The lowest BCUT2D eigenvalue weighted by Crippen LogP contribution is -2.07. The second kappa shape index (κ2) is 8.40. The number of benzene rings is 2. The molecule has 0 aliphatic carbocycles. The Hall–Kier alpha value is -3.26. The van der Waals surface area contributed by atoms with Gasteiger partial charge in [-0.15, -0.1) is 0 Å². The molecule has 1 heterocycles. The third kappa shape index (κ3) is 4.60. The van der Waals surface area contributed by atoms with Gasteiger partial charge in [-0.2, -0.15) is 0 Å².